The van der Waals surface area contributed by atoms with Gasteiger partial charge in [0.15, 0.2) is 5.78 Å². The predicted molar refractivity (Wildman–Crippen MR) is 121 cm³/mol. The molecule has 0 radical (unpaired) electrons. The molecule has 0 bridgehead atoms. The summed E-state index contributed by atoms with van der Waals surface area (Å²) in [5.74, 6) is -1.24. The summed E-state index contributed by atoms with van der Waals surface area (Å²) in [7, 11) is 0. The monoisotopic (exact) mass is 442 g/mol. The minimum atomic E-state index is -1.26. The second-order valence-corrected chi connectivity index (χ2v) is 8.01. The minimum Gasteiger partial charge on any atom is -0.425 e. The van der Waals surface area contributed by atoms with E-state index < -0.39 is 30.0 Å². The van der Waals surface area contributed by atoms with Crippen LogP contribution in [0.2, 0.25) is 0 Å². The highest BCUT2D eigenvalue weighted by atomic mass is 16.5. The number of amides is 3. The summed E-state index contributed by atoms with van der Waals surface area (Å²) in [6.07, 6.45) is 0. The van der Waals surface area contributed by atoms with Crippen molar-refractivity contribution in [1.29, 1.82) is 0 Å². The molecule has 1 atom stereocenters. The molecule has 0 spiro atoms. The lowest BCUT2D eigenvalue weighted by molar-refractivity contribution is -0.140. The third kappa shape index (κ3) is 4.39. The van der Waals surface area contributed by atoms with Crippen LogP contribution in [0.3, 0.4) is 0 Å². The number of urea groups is 1. The number of benzene rings is 3. The van der Waals surface area contributed by atoms with Crippen LogP contribution in [-0.4, -0.2) is 35.1 Å². The molecule has 1 saturated heterocycles. The number of hydrogen-bond acceptors (Lipinski definition) is 5. The lowest BCUT2D eigenvalue weighted by atomic mass is 9.91. The van der Waals surface area contributed by atoms with Gasteiger partial charge in [-0.1, -0.05) is 60.2 Å². The molecule has 3 aromatic rings. The van der Waals surface area contributed by atoms with E-state index in [0.717, 1.165) is 10.5 Å². The second kappa shape index (κ2) is 8.70. The van der Waals surface area contributed by atoms with E-state index in [-0.39, 0.29) is 11.5 Å². The van der Waals surface area contributed by atoms with Crippen LogP contribution in [0.15, 0.2) is 78.9 Å². The van der Waals surface area contributed by atoms with Crippen LogP contribution in [0.1, 0.15) is 34.0 Å². The quantitative estimate of drug-likeness (QED) is 0.273. The van der Waals surface area contributed by atoms with Crippen molar-refractivity contribution in [2.45, 2.75) is 19.4 Å². The SMILES string of the molecule is Cc1ccc([C@]2(C)NC(=O)N(CC(=O)Oc3ccc(C(=O)c4ccccc4)cc3)C2=O)cc1. The van der Waals surface area contributed by atoms with E-state index in [1.54, 1.807) is 55.5 Å². The standard InChI is InChI=1S/C26H22N2O5/c1-17-8-12-20(13-9-17)26(2)24(31)28(25(32)27-26)16-22(29)33-21-14-10-19(11-15-21)23(30)18-6-4-3-5-7-18/h3-15H,16H2,1-2H3,(H,27,32)/t26-/m0/s1. The van der Waals surface area contributed by atoms with Crippen LogP contribution in [0.5, 0.6) is 5.75 Å². The van der Waals surface area contributed by atoms with Crippen LogP contribution >= 0.6 is 0 Å². The molecule has 1 aliphatic heterocycles. The smallest absolute Gasteiger partial charge is 0.331 e. The summed E-state index contributed by atoms with van der Waals surface area (Å²) in [6, 6.07) is 21.5. The van der Waals surface area contributed by atoms with Gasteiger partial charge in [-0.2, -0.15) is 0 Å². The number of aryl methyl sites for hydroxylation is 1. The Morgan fingerprint density at radius 1 is 0.879 bits per heavy atom. The Kier molecular flexibility index (Phi) is 5.79. The Labute approximate surface area is 191 Å². The van der Waals surface area contributed by atoms with Crippen molar-refractivity contribution >= 4 is 23.7 Å². The van der Waals surface area contributed by atoms with Gasteiger partial charge < -0.3 is 10.1 Å². The molecule has 7 heteroatoms. The molecule has 0 saturated carbocycles. The van der Waals surface area contributed by atoms with Gasteiger partial charge in [0.25, 0.3) is 5.91 Å². The number of ether oxygens (including phenoxy) is 1. The van der Waals surface area contributed by atoms with E-state index in [2.05, 4.69) is 5.32 Å². The molecule has 3 amide bonds. The zero-order valence-corrected chi connectivity index (χ0v) is 18.2. The summed E-state index contributed by atoms with van der Waals surface area (Å²) >= 11 is 0. The Hall–Kier alpha value is -4.26. The molecular weight excluding hydrogens is 420 g/mol. The number of hydrogen-bond donors (Lipinski definition) is 1. The molecule has 4 rings (SSSR count). The van der Waals surface area contributed by atoms with Crippen molar-refractivity contribution < 1.29 is 23.9 Å². The summed E-state index contributed by atoms with van der Waals surface area (Å²) in [6.45, 7) is 3.00. The number of ketones is 1. The van der Waals surface area contributed by atoms with Gasteiger partial charge in [-0.25, -0.2) is 9.59 Å². The highest BCUT2D eigenvalue weighted by Gasteiger charge is 2.49. The van der Waals surface area contributed by atoms with Crippen LogP contribution in [-0.2, 0) is 15.1 Å². The highest BCUT2D eigenvalue weighted by molar-refractivity contribution is 6.09. The summed E-state index contributed by atoms with van der Waals surface area (Å²) in [4.78, 5) is 51.1. The fourth-order valence-corrected chi connectivity index (χ4v) is 3.65. The van der Waals surface area contributed by atoms with Gasteiger partial charge in [0.2, 0.25) is 0 Å². The molecule has 1 aliphatic rings. The van der Waals surface area contributed by atoms with E-state index in [0.29, 0.717) is 16.7 Å². The number of imide groups is 1. The summed E-state index contributed by atoms with van der Waals surface area (Å²) in [5.41, 5.74) is 1.39. The zero-order chi connectivity index (χ0) is 23.6. The van der Waals surface area contributed by atoms with Crippen molar-refractivity contribution in [3.05, 3.63) is 101 Å². The number of carbonyl (C=O) groups excluding carboxylic acids is 4. The molecule has 0 aliphatic carbocycles. The maximum atomic E-state index is 13.0. The summed E-state index contributed by atoms with van der Waals surface area (Å²) < 4.78 is 5.28. The lowest BCUT2D eigenvalue weighted by Crippen LogP contribution is -2.41. The lowest BCUT2D eigenvalue weighted by Gasteiger charge is -2.22. The van der Waals surface area contributed by atoms with Gasteiger partial charge in [-0.3, -0.25) is 14.5 Å². The Balaban J connectivity index is 1.41. The third-order valence-electron chi connectivity index (χ3n) is 5.58. The number of carbonyl (C=O) groups is 4. The molecule has 33 heavy (non-hydrogen) atoms. The van der Waals surface area contributed by atoms with E-state index in [1.165, 1.54) is 12.1 Å². The molecule has 1 fully saturated rings. The van der Waals surface area contributed by atoms with Gasteiger partial charge in [-0.05, 0) is 43.7 Å². The first kappa shape index (κ1) is 22.0. The first-order chi connectivity index (χ1) is 15.8. The van der Waals surface area contributed by atoms with Gasteiger partial charge in [0.05, 0.1) is 0 Å². The number of esters is 1. The molecular formula is C26H22N2O5. The third-order valence-corrected chi connectivity index (χ3v) is 5.58. The maximum absolute atomic E-state index is 13.0. The van der Waals surface area contributed by atoms with Crippen LogP contribution < -0.4 is 10.1 Å². The van der Waals surface area contributed by atoms with Crippen molar-refractivity contribution in [2.24, 2.45) is 0 Å². The Bertz CT molecular complexity index is 1220. The van der Waals surface area contributed by atoms with Gasteiger partial charge in [0.1, 0.15) is 17.8 Å². The van der Waals surface area contributed by atoms with Crippen molar-refractivity contribution in [3.8, 4) is 5.75 Å². The molecule has 3 aromatic carbocycles. The van der Waals surface area contributed by atoms with Gasteiger partial charge in [-0.15, -0.1) is 0 Å². The molecule has 0 unspecified atom stereocenters. The first-order valence-electron chi connectivity index (χ1n) is 10.4. The van der Waals surface area contributed by atoms with Crippen LogP contribution in [0.25, 0.3) is 0 Å². The molecule has 166 valence electrons. The average molecular weight is 442 g/mol. The average Bonchev–Trinajstić information content (AvgIpc) is 3.04. The van der Waals surface area contributed by atoms with Crippen molar-refractivity contribution in [3.63, 3.8) is 0 Å². The fraction of sp³-hybridized carbons (Fsp3) is 0.154. The summed E-state index contributed by atoms with van der Waals surface area (Å²) in [5, 5.41) is 2.66. The predicted octanol–water partition coefficient (Wildman–Crippen LogP) is 3.60. The maximum Gasteiger partial charge on any atom is 0.331 e. The van der Waals surface area contributed by atoms with E-state index in [4.69, 9.17) is 4.74 Å². The van der Waals surface area contributed by atoms with E-state index in [9.17, 15) is 19.2 Å². The van der Waals surface area contributed by atoms with Crippen molar-refractivity contribution in [1.82, 2.24) is 10.2 Å². The first-order valence-corrected chi connectivity index (χ1v) is 10.4. The second-order valence-electron chi connectivity index (χ2n) is 8.01. The largest absolute Gasteiger partial charge is 0.425 e. The van der Waals surface area contributed by atoms with E-state index >= 15 is 0 Å². The topological polar surface area (TPSA) is 92.8 Å². The van der Waals surface area contributed by atoms with Gasteiger partial charge in [0, 0.05) is 11.1 Å². The normalized spacial score (nSPS) is 17.6. The minimum absolute atomic E-state index is 0.150. The molecule has 7 nitrogen and oxygen atoms in total. The zero-order valence-electron chi connectivity index (χ0n) is 18.2. The molecule has 1 heterocycles. The highest BCUT2D eigenvalue weighted by Crippen LogP contribution is 2.29. The van der Waals surface area contributed by atoms with Crippen molar-refractivity contribution in [2.75, 3.05) is 6.54 Å². The Morgan fingerprint density at radius 2 is 1.48 bits per heavy atom. The number of nitrogens with one attached hydrogen (secondary N) is 1. The number of rotatable bonds is 6. The Morgan fingerprint density at radius 3 is 2.12 bits per heavy atom. The fourth-order valence-electron chi connectivity index (χ4n) is 3.65. The van der Waals surface area contributed by atoms with Crippen LogP contribution in [0, 0.1) is 6.92 Å². The van der Waals surface area contributed by atoms with Gasteiger partial charge >= 0.3 is 12.0 Å². The van der Waals surface area contributed by atoms with E-state index in [1.807, 2.05) is 25.1 Å². The molecule has 1 N–H and O–H groups in total. The number of nitrogens with zero attached hydrogens (tertiary/aromatic N) is 1. The van der Waals surface area contributed by atoms with Crippen LogP contribution in [0.4, 0.5) is 4.79 Å². The molecule has 0 aromatic heterocycles.